The van der Waals surface area contributed by atoms with Gasteiger partial charge in [0.05, 0.1) is 5.51 Å². The van der Waals surface area contributed by atoms with Crippen molar-refractivity contribution in [3.05, 3.63) is 51.7 Å². The molecule has 0 saturated heterocycles. The first-order valence-corrected chi connectivity index (χ1v) is 6.21. The first-order valence-electron chi connectivity index (χ1n) is 5.33. The molecule has 0 saturated carbocycles. The molecule has 1 aromatic carbocycles. The fraction of sp³-hybridized carbons (Fsp3) is 0.167. The molecule has 94 valence electrons. The van der Waals surface area contributed by atoms with Crippen molar-refractivity contribution < 1.29 is 9.18 Å². The molecule has 4 nitrogen and oxygen atoms in total. The lowest BCUT2D eigenvalue weighted by atomic mass is 10.1. The van der Waals surface area contributed by atoms with Crippen LogP contribution in [-0.4, -0.2) is 10.9 Å². The Hall–Kier alpha value is -1.79. The zero-order valence-electron chi connectivity index (χ0n) is 9.52. The third-order valence-corrected chi connectivity index (χ3v) is 3.22. The molecule has 3 N–H and O–H groups in total. The number of thiazole rings is 1. The van der Waals surface area contributed by atoms with Crippen molar-refractivity contribution in [3.63, 3.8) is 0 Å². The average molecular weight is 265 g/mol. The maximum Gasteiger partial charge on any atom is 0.248 e. The molecule has 0 atom stereocenters. The normalized spacial score (nSPS) is 10.5. The Balaban J connectivity index is 1.95. The van der Waals surface area contributed by atoms with Gasteiger partial charge in [-0.1, -0.05) is 6.07 Å². The number of nitrogens with zero attached hydrogens (tertiary/aromatic N) is 1. The van der Waals surface area contributed by atoms with Gasteiger partial charge in [0, 0.05) is 35.3 Å². The number of halogens is 1. The monoisotopic (exact) mass is 265 g/mol. The highest BCUT2D eigenvalue weighted by Gasteiger charge is 2.06. The molecule has 2 aromatic rings. The summed E-state index contributed by atoms with van der Waals surface area (Å²) in [5.41, 5.74) is 7.50. The number of hydrogen-bond acceptors (Lipinski definition) is 4. The van der Waals surface area contributed by atoms with Crippen LogP contribution in [0.3, 0.4) is 0 Å². The largest absolute Gasteiger partial charge is 0.366 e. The molecule has 0 aliphatic heterocycles. The third-order valence-electron chi connectivity index (χ3n) is 2.44. The van der Waals surface area contributed by atoms with Gasteiger partial charge in [0.2, 0.25) is 5.91 Å². The van der Waals surface area contributed by atoms with E-state index in [9.17, 15) is 9.18 Å². The number of rotatable bonds is 5. The predicted octanol–water partition coefficient (Wildman–Crippen LogP) is 1.67. The summed E-state index contributed by atoms with van der Waals surface area (Å²) in [5, 5.41) is 3.11. The number of nitrogens with two attached hydrogens (primary N) is 1. The molecule has 0 radical (unpaired) electrons. The number of hydrogen-bond donors (Lipinski definition) is 2. The smallest absolute Gasteiger partial charge is 0.248 e. The van der Waals surface area contributed by atoms with Crippen LogP contribution in [0.25, 0.3) is 0 Å². The second kappa shape index (κ2) is 5.70. The van der Waals surface area contributed by atoms with Crippen LogP contribution >= 0.6 is 11.3 Å². The Labute approximate surface area is 108 Å². The Bertz CT molecular complexity index is 542. The molecule has 1 amide bonds. The SMILES string of the molecule is NC(=O)c1ccc(CNCc2cncs2)c(F)c1. The number of amides is 1. The molecule has 6 heteroatoms. The lowest BCUT2D eigenvalue weighted by molar-refractivity contribution is 0.1000. The van der Waals surface area contributed by atoms with Gasteiger partial charge >= 0.3 is 0 Å². The van der Waals surface area contributed by atoms with Crippen molar-refractivity contribution in [2.45, 2.75) is 13.1 Å². The lowest BCUT2D eigenvalue weighted by Crippen LogP contribution is -2.15. The minimum absolute atomic E-state index is 0.179. The predicted molar refractivity (Wildman–Crippen MR) is 67.6 cm³/mol. The minimum atomic E-state index is -0.627. The van der Waals surface area contributed by atoms with Gasteiger partial charge in [0.15, 0.2) is 0 Å². The highest BCUT2D eigenvalue weighted by Crippen LogP contribution is 2.11. The van der Waals surface area contributed by atoms with Gasteiger partial charge in [0.25, 0.3) is 0 Å². The highest BCUT2D eigenvalue weighted by atomic mass is 32.1. The van der Waals surface area contributed by atoms with Crippen LogP contribution in [0.4, 0.5) is 4.39 Å². The summed E-state index contributed by atoms with van der Waals surface area (Å²) in [7, 11) is 0. The van der Waals surface area contributed by atoms with Gasteiger partial charge in [-0.25, -0.2) is 4.39 Å². The van der Waals surface area contributed by atoms with Gasteiger partial charge in [-0.2, -0.15) is 0 Å². The van der Waals surface area contributed by atoms with Crippen molar-refractivity contribution >= 4 is 17.2 Å². The van der Waals surface area contributed by atoms with E-state index in [0.717, 1.165) is 10.9 Å². The maximum absolute atomic E-state index is 13.6. The fourth-order valence-electron chi connectivity index (χ4n) is 1.49. The van der Waals surface area contributed by atoms with Crippen molar-refractivity contribution in [3.8, 4) is 0 Å². The molecular weight excluding hydrogens is 253 g/mol. The van der Waals surface area contributed by atoms with E-state index in [1.54, 1.807) is 29.1 Å². The zero-order chi connectivity index (χ0) is 13.0. The highest BCUT2D eigenvalue weighted by molar-refractivity contribution is 7.09. The number of primary amides is 1. The van der Waals surface area contributed by atoms with Crippen LogP contribution in [0.15, 0.2) is 29.9 Å². The standard InChI is InChI=1S/C12H12FN3OS/c13-11-3-8(12(14)17)1-2-9(11)4-15-5-10-6-16-7-18-10/h1-3,6-7,15H,4-5H2,(H2,14,17). The molecule has 0 spiro atoms. The summed E-state index contributed by atoms with van der Waals surface area (Å²) in [6.45, 7) is 1.03. The second-order valence-corrected chi connectivity index (χ2v) is 4.71. The van der Waals surface area contributed by atoms with Crippen LogP contribution < -0.4 is 11.1 Å². The molecule has 0 bridgehead atoms. The minimum Gasteiger partial charge on any atom is -0.366 e. The van der Waals surface area contributed by atoms with Gasteiger partial charge in [0.1, 0.15) is 5.82 Å². The molecular formula is C12H12FN3OS. The van der Waals surface area contributed by atoms with Crippen LogP contribution in [0.2, 0.25) is 0 Å². The number of nitrogens with one attached hydrogen (secondary N) is 1. The van der Waals surface area contributed by atoms with Crippen molar-refractivity contribution in [1.29, 1.82) is 0 Å². The summed E-state index contributed by atoms with van der Waals surface area (Å²) in [4.78, 5) is 15.9. The summed E-state index contributed by atoms with van der Waals surface area (Å²) < 4.78 is 13.6. The second-order valence-electron chi connectivity index (χ2n) is 3.74. The molecule has 0 fully saturated rings. The van der Waals surface area contributed by atoms with Gasteiger partial charge in [-0.3, -0.25) is 9.78 Å². The van der Waals surface area contributed by atoms with E-state index in [0.29, 0.717) is 18.7 Å². The van der Waals surface area contributed by atoms with Crippen LogP contribution in [0.1, 0.15) is 20.8 Å². The van der Waals surface area contributed by atoms with E-state index in [2.05, 4.69) is 10.3 Å². The zero-order valence-corrected chi connectivity index (χ0v) is 10.3. The molecule has 1 aromatic heterocycles. The van der Waals surface area contributed by atoms with Gasteiger partial charge in [-0.05, 0) is 12.1 Å². The number of benzene rings is 1. The van der Waals surface area contributed by atoms with Crippen molar-refractivity contribution in [1.82, 2.24) is 10.3 Å². The van der Waals surface area contributed by atoms with E-state index >= 15 is 0 Å². The molecule has 1 heterocycles. The Morgan fingerprint density at radius 3 is 2.89 bits per heavy atom. The maximum atomic E-state index is 13.6. The average Bonchev–Trinajstić information content (AvgIpc) is 2.84. The Morgan fingerprint density at radius 2 is 2.28 bits per heavy atom. The van der Waals surface area contributed by atoms with Crippen molar-refractivity contribution in [2.75, 3.05) is 0 Å². The van der Waals surface area contributed by atoms with E-state index in [1.807, 2.05) is 0 Å². The fourth-order valence-corrected chi connectivity index (χ4v) is 2.06. The molecule has 18 heavy (non-hydrogen) atoms. The third kappa shape index (κ3) is 3.12. The Morgan fingerprint density at radius 1 is 1.44 bits per heavy atom. The summed E-state index contributed by atoms with van der Waals surface area (Å²) in [5.74, 6) is -1.05. The van der Waals surface area contributed by atoms with Crippen molar-refractivity contribution in [2.24, 2.45) is 5.73 Å². The van der Waals surface area contributed by atoms with E-state index in [1.165, 1.54) is 6.07 Å². The number of aromatic nitrogens is 1. The topological polar surface area (TPSA) is 68.0 Å². The summed E-state index contributed by atoms with van der Waals surface area (Å²) >= 11 is 1.54. The van der Waals surface area contributed by atoms with Crippen LogP contribution in [0, 0.1) is 5.82 Å². The Kier molecular flexibility index (Phi) is 4.01. The first-order chi connectivity index (χ1) is 8.66. The van der Waals surface area contributed by atoms with E-state index < -0.39 is 11.7 Å². The molecule has 2 rings (SSSR count). The van der Waals surface area contributed by atoms with Crippen LogP contribution in [-0.2, 0) is 13.1 Å². The number of carbonyl (C=O) groups is 1. The first kappa shape index (κ1) is 12.7. The molecule has 0 aliphatic carbocycles. The van der Waals surface area contributed by atoms with Gasteiger partial charge < -0.3 is 11.1 Å². The van der Waals surface area contributed by atoms with Crippen LogP contribution in [0.5, 0.6) is 0 Å². The lowest BCUT2D eigenvalue weighted by Gasteiger charge is -2.05. The molecule has 0 unspecified atom stereocenters. The van der Waals surface area contributed by atoms with E-state index in [-0.39, 0.29) is 5.56 Å². The summed E-state index contributed by atoms with van der Waals surface area (Å²) in [6.07, 6.45) is 1.77. The molecule has 0 aliphatic rings. The summed E-state index contributed by atoms with van der Waals surface area (Å²) in [6, 6.07) is 4.25. The number of carbonyl (C=O) groups excluding carboxylic acids is 1. The quantitative estimate of drug-likeness (QED) is 0.864. The van der Waals surface area contributed by atoms with Gasteiger partial charge in [-0.15, -0.1) is 11.3 Å². The van der Waals surface area contributed by atoms with E-state index in [4.69, 9.17) is 5.73 Å².